The molecule has 27 heavy (non-hydrogen) atoms. The van der Waals surface area contributed by atoms with E-state index < -0.39 is 0 Å². The summed E-state index contributed by atoms with van der Waals surface area (Å²) in [6, 6.07) is 4.69. The van der Waals surface area contributed by atoms with Crippen LogP contribution in [-0.4, -0.2) is 61.2 Å². The van der Waals surface area contributed by atoms with Gasteiger partial charge in [0.2, 0.25) is 0 Å². The molecule has 0 aromatic carbocycles. The molecule has 1 N–H and O–H groups in total. The zero-order chi connectivity index (χ0) is 18.8. The van der Waals surface area contributed by atoms with Crippen LogP contribution < -0.4 is 15.9 Å². The minimum absolute atomic E-state index is 0.513. The number of aromatic nitrogens is 1. The number of nitrogens with one attached hydrogen (secondary N) is 1. The van der Waals surface area contributed by atoms with E-state index >= 15 is 0 Å². The zero-order valence-electron chi connectivity index (χ0n) is 15.7. The number of ether oxygens (including phenoxy) is 1. The van der Waals surface area contributed by atoms with Crippen LogP contribution >= 0.6 is 22.9 Å². The van der Waals surface area contributed by atoms with Crippen molar-refractivity contribution in [2.45, 2.75) is 18.9 Å². The van der Waals surface area contributed by atoms with E-state index in [4.69, 9.17) is 21.3 Å². The van der Waals surface area contributed by atoms with Crippen molar-refractivity contribution in [3.05, 3.63) is 44.9 Å². The minimum Gasteiger partial charge on any atom is -0.385 e. The lowest BCUT2D eigenvalue weighted by Crippen LogP contribution is -2.52. The fourth-order valence-electron chi connectivity index (χ4n) is 3.89. The molecule has 144 valence electrons. The van der Waals surface area contributed by atoms with E-state index in [1.54, 1.807) is 24.6 Å². The van der Waals surface area contributed by atoms with Crippen LogP contribution in [0.25, 0.3) is 11.9 Å². The maximum Gasteiger partial charge on any atom is 0.102 e. The Morgan fingerprint density at radius 2 is 2.30 bits per heavy atom. The Balaban J connectivity index is 1.75. The molecule has 2 aliphatic heterocycles. The van der Waals surface area contributed by atoms with Crippen molar-refractivity contribution in [1.29, 1.82) is 0 Å². The molecule has 4 rings (SSSR count). The lowest BCUT2D eigenvalue weighted by molar-refractivity contribution is 0.114. The van der Waals surface area contributed by atoms with E-state index in [9.17, 15) is 0 Å². The van der Waals surface area contributed by atoms with Crippen LogP contribution in [0, 0.1) is 0 Å². The van der Waals surface area contributed by atoms with Gasteiger partial charge in [-0.05, 0) is 37.4 Å². The predicted octanol–water partition coefficient (Wildman–Crippen LogP) is 2.16. The van der Waals surface area contributed by atoms with Crippen molar-refractivity contribution in [2.75, 3.05) is 45.7 Å². The molecular weight excluding hydrogens is 380 g/mol. The number of pyridine rings is 1. The molecular formula is C20H25ClN4OS. The van der Waals surface area contributed by atoms with Gasteiger partial charge in [0.05, 0.1) is 16.1 Å². The number of hydrogen-bond acceptors (Lipinski definition) is 6. The fraction of sp³-hybridized carbons (Fsp3) is 0.450. The van der Waals surface area contributed by atoms with Gasteiger partial charge in [-0.15, -0.1) is 11.3 Å². The molecule has 0 amide bonds. The molecule has 5 nitrogen and oxygen atoms in total. The lowest BCUT2D eigenvalue weighted by atomic mass is 10.0. The van der Waals surface area contributed by atoms with Crippen LogP contribution in [0.2, 0.25) is 5.02 Å². The molecule has 1 fully saturated rings. The van der Waals surface area contributed by atoms with Crippen molar-refractivity contribution in [2.24, 2.45) is 0 Å². The Morgan fingerprint density at radius 1 is 1.41 bits per heavy atom. The summed E-state index contributed by atoms with van der Waals surface area (Å²) in [7, 11) is 4.00. The maximum absolute atomic E-state index is 6.21. The molecule has 2 aromatic rings. The lowest BCUT2D eigenvalue weighted by Gasteiger charge is -2.41. The Bertz CT molecular complexity index is 928. The molecule has 1 atom stereocenters. The second-order valence-electron chi connectivity index (χ2n) is 7.11. The smallest absolute Gasteiger partial charge is 0.102 e. The van der Waals surface area contributed by atoms with Crippen LogP contribution in [0.3, 0.4) is 0 Å². The Kier molecular flexibility index (Phi) is 5.68. The zero-order valence-corrected chi connectivity index (χ0v) is 17.3. The molecule has 0 radical (unpaired) electrons. The van der Waals surface area contributed by atoms with E-state index in [1.807, 2.05) is 12.3 Å². The van der Waals surface area contributed by atoms with Crippen molar-refractivity contribution < 1.29 is 4.74 Å². The van der Waals surface area contributed by atoms with Crippen LogP contribution in [-0.2, 0) is 4.74 Å². The number of anilines is 1. The molecule has 2 aliphatic rings. The third-order valence-corrected chi connectivity index (χ3v) is 6.42. The normalized spacial score (nSPS) is 19.7. The molecule has 1 unspecified atom stereocenters. The standard InChI is InChI=1S/C20H25ClN4OS/c1-24-6-7-25(13-16(24)4-3-8-26-2)19-17-5-9-27-20(17)23-11-14-10-15(21)12-22-18(14)19/h5,9-12,16,23H,3-4,6-8,13H2,1-2H3. The van der Waals surface area contributed by atoms with Gasteiger partial charge in [-0.1, -0.05) is 11.6 Å². The summed E-state index contributed by atoms with van der Waals surface area (Å²) in [6.07, 6.45) is 5.98. The van der Waals surface area contributed by atoms with Crippen molar-refractivity contribution in [3.8, 4) is 0 Å². The average molecular weight is 405 g/mol. The summed E-state index contributed by atoms with van der Waals surface area (Å²) in [5.41, 5.74) is 2.44. The van der Waals surface area contributed by atoms with Gasteiger partial charge in [0, 0.05) is 62.6 Å². The summed E-state index contributed by atoms with van der Waals surface area (Å²) in [4.78, 5) is 9.70. The summed E-state index contributed by atoms with van der Waals surface area (Å²) >= 11 is 7.93. The summed E-state index contributed by atoms with van der Waals surface area (Å²) < 4.78 is 5.25. The highest BCUT2D eigenvalue weighted by Crippen LogP contribution is 2.32. The SMILES string of the molecule is COCCCC1CN(C2=c3ncc(Cl)cc3=CNc3sccc32)CCN1C. The number of rotatable bonds is 5. The van der Waals surface area contributed by atoms with Gasteiger partial charge in [0.15, 0.2) is 0 Å². The Labute approximate surface area is 168 Å². The van der Waals surface area contributed by atoms with Gasteiger partial charge in [-0.25, -0.2) is 0 Å². The summed E-state index contributed by atoms with van der Waals surface area (Å²) in [5.74, 6) is 0. The molecule has 7 heteroatoms. The first-order valence-electron chi connectivity index (χ1n) is 9.32. The average Bonchev–Trinajstić information content (AvgIpc) is 3.06. The number of halogens is 1. The van der Waals surface area contributed by atoms with Crippen molar-refractivity contribution in [1.82, 2.24) is 14.8 Å². The van der Waals surface area contributed by atoms with Gasteiger partial charge in [0.1, 0.15) is 5.00 Å². The van der Waals surface area contributed by atoms with Crippen LogP contribution in [0.5, 0.6) is 0 Å². The molecule has 2 aromatic heterocycles. The first-order chi connectivity index (χ1) is 13.2. The van der Waals surface area contributed by atoms with Crippen LogP contribution in [0.4, 0.5) is 5.00 Å². The van der Waals surface area contributed by atoms with Gasteiger partial charge in [0.25, 0.3) is 0 Å². The maximum atomic E-state index is 6.21. The molecule has 0 spiro atoms. The molecule has 0 saturated carbocycles. The second-order valence-corrected chi connectivity index (χ2v) is 8.46. The number of likely N-dealkylation sites (N-methyl/N-ethyl adjacent to an activating group) is 1. The number of fused-ring (bicyclic) bond motifs is 2. The fourth-order valence-corrected chi connectivity index (χ4v) is 4.81. The number of thiophene rings is 1. The monoisotopic (exact) mass is 404 g/mol. The van der Waals surface area contributed by atoms with Gasteiger partial charge in [-0.2, -0.15) is 0 Å². The van der Waals surface area contributed by atoms with Crippen LogP contribution in [0.15, 0.2) is 23.7 Å². The summed E-state index contributed by atoms with van der Waals surface area (Å²) in [5, 5.41) is 9.44. The first-order valence-corrected chi connectivity index (χ1v) is 10.6. The van der Waals surface area contributed by atoms with Gasteiger partial charge < -0.3 is 15.0 Å². The van der Waals surface area contributed by atoms with E-state index in [2.05, 4.69) is 33.6 Å². The largest absolute Gasteiger partial charge is 0.385 e. The Hall–Kier alpha value is -1.60. The molecule has 0 bridgehead atoms. The van der Waals surface area contributed by atoms with E-state index in [0.717, 1.165) is 54.7 Å². The minimum atomic E-state index is 0.513. The van der Waals surface area contributed by atoms with Crippen LogP contribution in [0.1, 0.15) is 18.4 Å². The summed E-state index contributed by atoms with van der Waals surface area (Å²) in [6.45, 7) is 3.85. The van der Waals surface area contributed by atoms with Gasteiger partial charge in [-0.3, -0.25) is 9.88 Å². The predicted molar refractivity (Wildman–Crippen MR) is 113 cm³/mol. The van der Waals surface area contributed by atoms with E-state index in [-0.39, 0.29) is 0 Å². The highest BCUT2D eigenvalue weighted by molar-refractivity contribution is 7.14. The third-order valence-electron chi connectivity index (χ3n) is 5.37. The number of piperazine rings is 1. The Morgan fingerprint density at radius 3 is 3.15 bits per heavy atom. The third kappa shape index (κ3) is 3.85. The molecule has 1 saturated heterocycles. The highest BCUT2D eigenvalue weighted by Gasteiger charge is 2.28. The van der Waals surface area contributed by atoms with Gasteiger partial charge >= 0.3 is 0 Å². The first kappa shape index (κ1) is 18.7. The number of hydrogen-bond donors (Lipinski definition) is 1. The number of nitrogens with zero attached hydrogens (tertiary/aromatic N) is 3. The highest BCUT2D eigenvalue weighted by atomic mass is 35.5. The molecule has 0 aliphatic carbocycles. The second kappa shape index (κ2) is 8.19. The van der Waals surface area contributed by atoms with Crippen molar-refractivity contribution >= 4 is 39.8 Å². The van der Waals surface area contributed by atoms with E-state index in [0.29, 0.717) is 11.1 Å². The van der Waals surface area contributed by atoms with Crippen molar-refractivity contribution in [3.63, 3.8) is 0 Å². The van der Waals surface area contributed by atoms with E-state index in [1.165, 1.54) is 11.3 Å². The molecule has 4 heterocycles. The number of methoxy groups -OCH3 is 1. The topological polar surface area (TPSA) is 40.6 Å². The quantitative estimate of drug-likeness (QED) is 0.773.